The summed E-state index contributed by atoms with van der Waals surface area (Å²) < 4.78 is 0. The van der Waals surface area contributed by atoms with Crippen molar-refractivity contribution in [3.63, 3.8) is 0 Å². The fraction of sp³-hybridized carbons (Fsp3) is 0.471. The van der Waals surface area contributed by atoms with Gasteiger partial charge in [-0.25, -0.2) is 4.79 Å². The van der Waals surface area contributed by atoms with Gasteiger partial charge in [0.25, 0.3) is 5.91 Å². The van der Waals surface area contributed by atoms with E-state index in [0.29, 0.717) is 30.6 Å². The molecule has 1 aromatic carbocycles. The fourth-order valence-electron chi connectivity index (χ4n) is 2.86. The summed E-state index contributed by atoms with van der Waals surface area (Å²) in [5, 5.41) is 14.7. The molecule has 7 heteroatoms. The Balaban J connectivity index is 1.64. The zero-order valence-electron chi connectivity index (χ0n) is 13.3. The van der Waals surface area contributed by atoms with Gasteiger partial charge in [0.15, 0.2) is 0 Å². The van der Waals surface area contributed by atoms with Crippen molar-refractivity contribution in [1.29, 1.82) is 0 Å². The van der Waals surface area contributed by atoms with Gasteiger partial charge in [0.2, 0.25) is 0 Å². The van der Waals surface area contributed by atoms with Crippen LogP contribution in [-0.4, -0.2) is 47.0 Å². The van der Waals surface area contributed by atoms with Crippen LogP contribution in [0.5, 0.6) is 0 Å². The zero-order chi connectivity index (χ0) is 17.1. The molecule has 0 aromatic heterocycles. The Labute approximate surface area is 140 Å². The van der Waals surface area contributed by atoms with Crippen LogP contribution in [0, 0.1) is 5.92 Å². The molecule has 128 valence electrons. The van der Waals surface area contributed by atoms with E-state index in [1.165, 1.54) is 0 Å². The Kier molecular flexibility index (Phi) is 4.69. The van der Waals surface area contributed by atoms with E-state index in [1.807, 2.05) is 0 Å². The molecule has 0 radical (unpaired) electrons. The van der Waals surface area contributed by atoms with Gasteiger partial charge in [-0.1, -0.05) is 6.07 Å². The average molecular weight is 331 g/mol. The lowest BCUT2D eigenvalue weighted by Crippen LogP contribution is -2.42. The number of nitrogens with zero attached hydrogens (tertiary/aromatic N) is 1. The third kappa shape index (κ3) is 4.04. The number of carboxylic acid groups (broad SMARTS) is 1. The topological polar surface area (TPSA) is 98.7 Å². The largest absolute Gasteiger partial charge is 0.481 e. The number of urea groups is 1. The molecule has 1 saturated carbocycles. The van der Waals surface area contributed by atoms with Crippen LogP contribution in [0.3, 0.4) is 0 Å². The Morgan fingerprint density at radius 2 is 1.96 bits per heavy atom. The number of nitrogens with one attached hydrogen (secondary N) is 2. The first-order valence-corrected chi connectivity index (χ1v) is 8.22. The molecule has 1 atom stereocenters. The van der Waals surface area contributed by atoms with Gasteiger partial charge in [-0.3, -0.25) is 9.59 Å². The SMILES string of the molecule is O=C(Nc1cccc(C(=O)N2CCC[C@H](C(=O)O)C2)c1)NC1CC1. The molecule has 0 unspecified atom stereocenters. The molecule has 24 heavy (non-hydrogen) atoms. The molecule has 2 fully saturated rings. The maximum absolute atomic E-state index is 12.6. The van der Waals surface area contributed by atoms with Crippen molar-refractivity contribution < 1.29 is 19.5 Å². The summed E-state index contributed by atoms with van der Waals surface area (Å²) in [6.07, 6.45) is 3.30. The number of carbonyl (C=O) groups excluding carboxylic acids is 2. The van der Waals surface area contributed by atoms with Crippen molar-refractivity contribution in [2.24, 2.45) is 5.92 Å². The smallest absolute Gasteiger partial charge is 0.319 e. The molecule has 3 amide bonds. The van der Waals surface area contributed by atoms with E-state index in [4.69, 9.17) is 5.11 Å². The Bertz CT molecular complexity index is 657. The van der Waals surface area contributed by atoms with Crippen molar-refractivity contribution >= 4 is 23.6 Å². The fourth-order valence-corrected chi connectivity index (χ4v) is 2.86. The summed E-state index contributed by atoms with van der Waals surface area (Å²) in [6.45, 7) is 0.788. The number of hydrogen-bond donors (Lipinski definition) is 3. The van der Waals surface area contributed by atoms with Crippen LogP contribution in [0.2, 0.25) is 0 Å². The number of hydrogen-bond acceptors (Lipinski definition) is 3. The van der Waals surface area contributed by atoms with Gasteiger partial charge < -0.3 is 20.6 Å². The van der Waals surface area contributed by atoms with Crippen molar-refractivity contribution in [2.75, 3.05) is 18.4 Å². The van der Waals surface area contributed by atoms with Crippen LogP contribution in [-0.2, 0) is 4.79 Å². The number of likely N-dealkylation sites (tertiary alicyclic amines) is 1. The predicted octanol–water partition coefficient (Wildman–Crippen LogP) is 1.91. The van der Waals surface area contributed by atoms with E-state index in [-0.39, 0.29) is 24.5 Å². The van der Waals surface area contributed by atoms with Crippen LogP contribution >= 0.6 is 0 Å². The minimum atomic E-state index is -0.861. The highest BCUT2D eigenvalue weighted by Gasteiger charge is 2.28. The lowest BCUT2D eigenvalue weighted by atomic mass is 9.97. The van der Waals surface area contributed by atoms with E-state index in [2.05, 4.69) is 10.6 Å². The first-order valence-electron chi connectivity index (χ1n) is 8.22. The summed E-state index contributed by atoms with van der Waals surface area (Å²) in [7, 11) is 0. The second kappa shape index (κ2) is 6.90. The highest BCUT2D eigenvalue weighted by Crippen LogP contribution is 2.21. The molecule has 1 aromatic rings. The Morgan fingerprint density at radius 1 is 1.17 bits per heavy atom. The molecule has 1 aliphatic heterocycles. The number of benzene rings is 1. The van der Waals surface area contributed by atoms with Gasteiger partial charge in [0.05, 0.1) is 5.92 Å². The molecule has 0 bridgehead atoms. The Morgan fingerprint density at radius 3 is 2.67 bits per heavy atom. The lowest BCUT2D eigenvalue weighted by molar-refractivity contribution is -0.143. The van der Waals surface area contributed by atoms with Crippen molar-refractivity contribution in [3.8, 4) is 0 Å². The van der Waals surface area contributed by atoms with Crippen LogP contribution in [0.15, 0.2) is 24.3 Å². The normalized spacial score (nSPS) is 20.3. The van der Waals surface area contributed by atoms with Gasteiger partial charge in [0.1, 0.15) is 0 Å². The van der Waals surface area contributed by atoms with E-state index in [0.717, 1.165) is 12.8 Å². The van der Waals surface area contributed by atoms with E-state index >= 15 is 0 Å². The van der Waals surface area contributed by atoms with Crippen LogP contribution in [0.25, 0.3) is 0 Å². The molecule has 2 aliphatic rings. The van der Waals surface area contributed by atoms with Crippen LogP contribution in [0.4, 0.5) is 10.5 Å². The first kappa shape index (κ1) is 16.3. The minimum absolute atomic E-state index is 0.202. The molecule has 1 aliphatic carbocycles. The molecule has 0 spiro atoms. The molecular formula is C17H21N3O4. The third-order valence-electron chi connectivity index (χ3n) is 4.34. The maximum atomic E-state index is 12.6. The van der Waals surface area contributed by atoms with E-state index in [1.54, 1.807) is 29.2 Å². The van der Waals surface area contributed by atoms with Gasteiger partial charge in [0, 0.05) is 30.4 Å². The molecular weight excluding hydrogens is 310 g/mol. The predicted molar refractivity (Wildman–Crippen MR) is 87.9 cm³/mol. The Hall–Kier alpha value is -2.57. The monoisotopic (exact) mass is 331 g/mol. The number of carboxylic acids is 1. The number of amides is 3. The highest BCUT2D eigenvalue weighted by molar-refractivity contribution is 5.97. The number of aliphatic carboxylic acids is 1. The molecule has 3 N–H and O–H groups in total. The summed E-state index contributed by atoms with van der Waals surface area (Å²) in [6, 6.07) is 6.72. The number of carbonyl (C=O) groups is 3. The first-order chi connectivity index (χ1) is 11.5. The van der Waals surface area contributed by atoms with Crippen LogP contribution in [0.1, 0.15) is 36.0 Å². The maximum Gasteiger partial charge on any atom is 0.319 e. The van der Waals surface area contributed by atoms with E-state index in [9.17, 15) is 14.4 Å². The van der Waals surface area contributed by atoms with Gasteiger partial charge in [-0.15, -0.1) is 0 Å². The quantitative estimate of drug-likeness (QED) is 0.785. The van der Waals surface area contributed by atoms with Gasteiger partial charge in [-0.05, 0) is 43.9 Å². The second-order valence-corrected chi connectivity index (χ2v) is 6.38. The molecule has 1 heterocycles. The summed E-state index contributed by atoms with van der Waals surface area (Å²) >= 11 is 0. The van der Waals surface area contributed by atoms with Crippen molar-refractivity contribution in [3.05, 3.63) is 29.8 Å². The molecule has 3 rings (SSSR count). The lowest BCUT2D eigenvalue weighted by Gasteiger charge is -2.30. The molecule has 7 nitrogen and oxygen atoms in total. The summed E-state index contributed by atoms with van der Waals surface area (Å²) in [4.78, 5) is 37.1. The second-order valence-electron chi connectivity index (χ2n) is 6.38. The average Bonchev–Trinajstić information content (AvgIpc) is 3.38. The van der Waals surface area contributed by atoms with Crippen molar-refractivity contribution in [2.45, 2.75) is 31.7 Å². The number of piperidine rings is 1. The third-order valence-corrected chi connectivity index (χ3v) is 4.34. The number of anilines is 1. The summed E-state index contributed by atoms with van der Waals surface area (Å²) in [5.74, 6) is -1.57. The summed E-state index contributed by atoms with van der Waals surface area (Å²) in [5.41, 5.74) is 0.996. The van der Waals surface area contributed by atoms with Crippen molar-refractivity contribution in [1.82, 2.24) is 10.2 Å². The van der Waals surface area contributed by atoms with Gasteiger partial charge in [-0.2, -0.15) is 0 Å². The molecule has 1 saturated heterocycles. The zero-order valence-corrected chi connectivity index (χ0v) is 13.3. The van der Waals surface area contributed by atoms with E-state index < -0.39 is 11.9 Å². The van der Waals surface area contributed by atoms with Gasteiger partial charge >= 0.3 is 12.0 Å². The van der Waals surface area contributed by atoms with Crippen LogP contribution < -0.4 is 10.6 Å². The number of rotatable bonds is 4. The standard InChI is InChI=1S/C17H21N3O4/c21-15(20-8-2-4-12(10-20)16(22)23)11-3-1-5-14(9-11)19-17(24)18-13-6-7-13/h1,3,5,9,12-13H,2,4,6-8,10H2,(H,22,23)(H2,18,19,24)/t12-/m0/s1. The minimum Gasteiger partial charge on any atom is -0.481 e. The highest BCUT2D eigenvalue weighted by atomic mass is 16.4.